The molecule has 0 aliphatic heterocycles. The summed E-state index contributed by atoms with van der Waals surface area (Å²) >= 11 is 1.65. The van der Waals surface area contributed by atoms with Crippen LogP contribution >= 0.6 is 11.3 Å². The number of benzene rings is 1. The van der Waals surface area contributed by atoms with Crippen LogP contribution < -0.4 is 28.7 Å². The zero-order valence-corrected chi connectivity index (χ0v) is 10.1. The molecule has 2 rings (SSSR count). The highest BCUT2D eigenvalue weighted by molar-refractivity contribution is 7.12. The Morgan fingerprint density at radius 2 is 1.92 bits per heavy atom. The molecule has 0 radical (unpaired) electrons. The number of rotatable bonds is 1. The molecule has 0 aliphatic rings. The van der Waals surface area contributed by atoms with Crippen LogP contribution in [0.5, 0.6) is 0 Å². The van der Waals surface area contributed by atoms with Gasteiger partial charge in [0, 0.05) is 10.7 Å². The van der Waals surface area contributed by atoms with Crippen molar-refractivity contribution in [2.24, 2.45) is 7.05 Å². The van der Waals surface area contributed by atoms with Gasteiger partial charge in [0.25, 0.3) is 5.51 Å². The summed E-state index contributed by atoms with van der Waals surface area (Å²) in [5.74, 6) is 0. The summed E-state index contributed by atoms with van der Waals surface area (Å²) in [6, 6.07) is 10.2. The lowest BCUT2D eigenvalue weighted by atomic mass is 10.2. The van der Waals surface area contributed by atoms with Crippen LogP contribution in [0.3, 0.4) is 0 Å². The largest absolute Gasteiger partial charge is 1.00 e. The zero-order valence-electron chi connectivity index (χ0n) is 7.14. The third-order valence-electron chi connectivity index (χ3n) is 1.59. The molecule has 0 saturated carbocycles. The van der Waals surface area contributed by atoms with E-state index in [0.717, 1.165) is 5.01 Å². The van der Waals surface area contributed by atoms with Crippen molar-refractivity contribution < 1.29 is 28.7 Å². The Balaban J connectivity index is 0.000000845. The second-order valence-electron chi connectivity index (χ2n) is 2.57. The van der Waals surface area contributed by atoms with Crippen molar-refractivity contribution in [3.8, 4) is 10.6 Å². The number of aromatic nitrogens is 2. The van der Waals surface area contributed by atoms with E-state index in [1.807, 2.05) is 35.4 Å². The molecule has 0 amide bonds. The first kappa shape index (κ1) is 10.6. The van der Waals surface area contributed by atoms with Crippen LogP contribution in [-0.4, -0.2) is 5.10 Å². The predicted octanol–water partition coefficient (Wildman–Crippen LogP) is -1.36. The molecule has 2 aromatic rings. The Kier molecular flexibility index (Phi) is 3.80. The molecule has 68 valence electrons. The van der Waals surface area contributed by atoms with Gasteiger partial charge in [-0.1, -0.05) is 35.0 Å². The molecule has 0 bridgehead atoms. The van der Waals surface area contributed by atoms with Gasteiger partial charge in [-0.2, -0.15) is 0 Å². The standard InChI is InChI=1S/C9H9N2S.HI/c1-11-7-12-9(10-11)8-5-3-2-4-6-8;/h2-7H,1H3;1H/q+1;/p-1. The fourth-order valence-corrected chi connectivity index (χ4v) is 1.77. The van der Waals surface area contributed by atoms with Crippen molar-refractivity contribution in [1.29, 1.82) is 0 Å². The summed E-state index contributed by atoms with van der Waals surface area (Å²) in [5, 5.41) is 5.38. The third kappa shape index (κ3) is 2.47. The summed E-state index contributed by atoms with van der Waals surface area (Å²) in [6.45, 7) is 0. The Labute approximate surface area is 98.3 Å². The van der Waals surface area contributed by atoms with Gasteiger partial charge in [0.15, 0.2) is 12.1 Å². The lowest BCUT2D eigenvalue weighted by Gasteiger charge is -1.88. The van der Waals surface area contributed by atoms with Gasteiger partial charge in [-0.25, -0.2) is 0 Å². The molecule has 1 heterocycles. The maximum atomic E-state index is 4.32. The minimum absolute atomic E-state index is 0. The molecule has 0 atom stereocenters. The first-order valence-electron chi connectivity index (χ1n) is 3.73. The van der Waals surface area contributed by atoms with Crippen LogP contribution in [0.4, 0.5) is 0 Å². The van der Waals surface area contributed by atoms with E-state index < -0.39 is 0 Å². The lowest BCUT2D eigenvalue weighted by molar-refractivity contribution is -0.724. The number of hydrogen-bond donors (Lipinski definition) is 0. The normalized spacial score (nSPS) is 9.31. The van der Waals surface area contributed by atoms with E-state index in [1.54, 1.807) is 11.3 Å². The fraction of sp³-hybridized carbons (Fsp3) is 0.111. The van der Waals surface area contributed by atoms with E-state index in [9.17, 15) is 0 Å². The molecule has 0 fully saturated rings. The molecule has 1 aromatic carbocycles. The van der Waals surface area contributed by atoms with E-state index in [-0.39, 0.29) is 24.0 Å². The van der Waals surface area contributed by atoms with Gasteiger partial charge < -0.3 is 24.0 Å². The maximum Gasteiger partial charge on any atom is 0.253 e. The van der Waals surface area contributed by atoms with E-state index in [2.05, 4.69) is 17.2 Å². The highest BCUT2D eigenvalue weighted by Gasteiger charge is 2.05. The van der Waals surface area contributed by atoms with Crippen molar-refractivity contribution in [3.63, 3.8) is 0 Å². The molecule has 4 heteroatoms. The van der Waals surface area contributed by atoms with Gasteiger partial charge in [-0.15, -0.1) is 0 Å². The third-order valence-corrected chi connectivity index (χ3v) is 2.54. The van der Waals surface area contributed by atoms with Crippen LogP contribution in [0.25, 0.3) is 10.6 Å². The molecule has 0 saturated heterocycles. The van der Waals surface area contributed by atoms with Crippen LogP contribution in [0, 0.1) is 0 Å². The molecule has 0 unspecified atom stereocenters. The molecule has 0 N–H and O–H groups in total. The Morgan fingerprint density at radius 1 is 1.23 bits per heavy atom. The Morgan fingerprint density at radius 3 is 2.46 bits per heavy atom. The van der Waals surface area contributed by atoms with Gasteiger partial charge in [0.1, 0.15) is 0 Å². The topological polar surface area (TPSA) is 16.8 Å². The first-order valence-corrected chi connectivity index (χ1v) is 4.61. The van der Waals surface area contributed by atoms with Gasteiger partial charge >= 0.3 is 0 Å². The molecule has 13 heavy (non-hydrogen) atoms. The number of nitrogens with zero attached hydrogens (tertiary/aromatic N) is 2. The second kappa shape index (κ2) is 4.66. The highest BCUT2D eigenvalue weighted by Crippen LogP contribution is 2.18. The molecular weight excluding hydrogens is 295 g/mol. The van der Waals surface area contributed by atoms with Crippen molar-refractivity contribution in [1.82, 2.24) is 5.10 Å². The SMILES string of the molecule is C[n+]1csc(-c2ccccc2)n1.[I-]. The van der Waals surface area contributed by atoms with Crippen LogP contribution in [0.15, 0.2) is 35.8 Å². The van der Waals surface area contributed by atoms with Gasteiger partial charge in [0.05, 0.1) is 0 Å². The Hall–Kier alpha value is -0.490. The van der Waals surface area contributed by atoms with E-state index in [0.29, 0.717) is 0 Å². The monoisotopic (exact) mass is 304 g/mol. The average molecular weight is 304 g/mol. The van der Waals surface area contributed by atoms with Gasteiger partial charge in [0.2, 0.25) is 0 Å². The molecule has 0 aliphatic carbocycles. The smallest absolute Gasteiger partial charge is 0.253 e. The number of aryl methyl sites for hydroxylation is 1. The van der Waals surface area contributed by atoms with Crippen LogP contribution in [0.1, 0.15) is 0 Å². The highest BCUT2D eigenvalue weighted by atomic mass is 127. The number of halogens is 1. The van der Waals surface area contributed by atoms with E-state index >= 15 is 0 Å². The minimum Gasteiger partial charge on any atom is -1.00 e. The van der Waals surface area contributed by atoms with Gasteiger partial charge in [-0.05, 0) is 11.3 Å². The van der Waals surface area contributed by atoms with Crippen molar-refractivity contribution in [2.45, 2.75) is 0 Å². The summed E-state index contributed by atoms with van der Waals surface area (Å²) in [6.07, 6.45) is 0. The average Bonchev–Trinajstić information content (AvgIpc) is 2.54. The second-order valence-corrected chi connectivity index (χ2v) is 3.40. The fourth-order valence-electron chi connectivity index (χ4n) is 1.02. The summed E-state index contributed by atoms with van der Waals surface area (Å²) in [5.41, 5.74) is 3.17. The quantitative estimate of drug-likeness (QED) is 0.470. The number of hydrogen-bond acceptors (Lipinski definition) is 2. The lowest BCUT2D eigenvalue weighted by Crippen LogP contribution is -3.00. The molecule has 1 aromatic heterocycles. The van der Waals surface area contributed by atoms with Crippen molar-refractivity contribution in [2.75, 3.05) is 0 Å². The van der Waals surface area contributed by atoms with Crippen molar-refractivity contribution in [3.05, 3.63) is 35.8 Å². The zero-order chi connectivity index (χ0) is 8.39. The predicted molar refractivity (Wildman–Crippen MR) is 48.7 cm³/mol. The molecule has 2 nitrogen and oxygen atoms in total. The maximum absolute atomic E-state index is 4.32. The Bertz CT molecular complexity index is 372. The van der Waals surface area contributed by atoms with Crippen LogP contribution in [0.2, 0.25) is 0 Å². The molecule has 0 spiro atoms. The minimum atomic E-state index is 0. The first-order chi connectivity index (χ1) is 5.86. The summed E-state index contributed by atoms with van der Waals surface area (Å²) < 4.78 is 1.83. The van der Waals surface area contributed by atoms with Crippen molar-refractivity contribution >= 4 is 11.3 Å². The summed E-state index contributed by atoms with van der Waals surface area (Å²) in [4.78, 5) is 0. The van der Waals surface area contributed by atoms with E-state index in [1.165, 1.54) is 5.56 Å². The van der Waals surface area contributed by atoms with E-state index in [4.69, 9.17) is 0 Å². The van der Waals surface area contributed by atoms with Crippen LogP contribution in [-0.2, 0) is 7.05 Å². The summed E-state index contributed by atoms with van der Waals surface area (Å²) in [7, 11) is 1.93. The van der Waals surface area contributed by atoms with Gasteiger partial charge in [-0.3, -0.25) is 0 Å². The molecular formula is C9H9IN2S.